The zero-order valence-electron chi connectivity index (χ0n) is 12.2. The molecule has 4 aromatic rings. The number of carbonyl (C=O) groups is 1. The second-order valence-electron chi connectivity index (χ2n) is 4.78. The molecule has 0 unspecified atom stereocenters. The van der Waals surface area contributed by atoms with Crippen molar-refractivity contribution in [1.29, 1.82) is 0 Å². The highest BCUT2D eigenvalue weighted by Gasteiger charge is 2.16. The molecular weight excluding hydrogens is 344 g/mol. The smallest absolute Gasteiger partial charge is 0.322 e. The Morgan fingerprint density at radius 3 is 2.71 bits per heavy atom. The molecule has 1 amide bonds. The Labute approximate surface area is 144 Å². The van der Waals surface area contributed by atoms with Crippen molar-refractivity contribution in [3.05, 3.63) is 58.2 Å². The highest BCUT2D eigenvalue weighted by molar-refractivity contribution is 7.13. The number of thiophene rings is 1. The van der Waals surface area contributed by atoms with E-state index in [1.54, 1.807) is 5.38 Å². The molecule has 24 heavy (non-hydrogen) atoms. The summed E-state index contributed by atoms with van der Waals surface area (Å²) in [5, 5.41) is 16.6. The Kier molecular flexibility index (Phi) is 3.89. The number of anilines is 1. The Bertz CT molecular complexity index is 961. The van der Waals surface area contributed by atoms with E-state index in [0.29, 0.717) is 11.6 Å². The summed E-state index contributed by atoms with van der Waals surface area (Å²) in [4.78, 5) is 16.6. The van der Waals surface area contributed by atoms with Gasteiger partial charge >= 0.3 is 6.01 Å². The average molecular weight is 354 g/mol. The maximum atomic E-state index is 12.3. The van der Waals surface area contributed by atoms with Crippen LogP contribution in [0.3, 0.4) is 0 Å². The Morgan fingerprint density at radius 1 is 1.04 bits per heavy atom. The van der Waals surface area contributed by atoms with Crippen molar-refractivity contribution in [2.75, 3.05) is 5.32 Å². The Hall–Kier alpha value is -2.84. The molecule has 8 heteroatoms. The fourth-order valence-corrected chi connectivity index (χ4v) is 3.47. The standard InChI is InChI=1S/C16H10N4O2S2/c21-13(12-9-24-15(17-12)10-4-2-1-3-5-10)18-16-20-19-14(22-16)11-6-7-23-8-11/h1-9H,(H,18,20,21). The molecule has 0 saturated carbocycles. The first-order valence-electron chi connectivity index (χ1n) is 6.98. The van der Waals surface area contributed by atoms with Crippen LogP contribution in [0.25, 0.3) is 22.0 Å². The highest BCUT2D eigenvalue weighted by Crippen LogP contribution is 2.25. The molecule has 0 radical (unpaired) electrons. The van der Waals surface area contributed by atoms with Gasteiger partial charge < -0.3 is 4.42 Å². The fourth-order valence-electron chi connectivity index (χ4n) is 2.03. The number of benzene rings is 1. The lowest BCUT2D eigenvalue weighted by molar-refractivity contribution is 0.102. The van der Waals surface area contributed by atoms with Gasteiger partial charge in [-0.2, -0.15) is 11.3 Å². The molecule has 1 N–H and O–H groups in total. The van der Waals surface area contributed by atoms with Crippen LogP contribution in [-0.2, 0) is 0 Å². The third-order valence-electron chi connectivity index (χ3n) is 3.17. The van der Waals surface area contributed by atoms with Gasteiger partial charge in [0.2, 0.25) is 0 Å². The maximum Gasteiger partial charge on any atom is 0.322 e. The number of nitrogens with one attached hydrogen (secondary N) is 1. The van der Waals surface area contributed by atoms with Gasteiger partial charge in [-0.1, -0.05) is 35.4 Å². The molecule has 0 fully saturated rings. The number of carbonyl (C=O) groups excluding carboxylic acids is 1. The van der Waals surface area contributed by atoms with Gasteiger partial charge in [-0.15, -0.1) is 16.4 Å². The van der Waals surface area contributed by atoms with E-state index in [9.17, 15) is 4.79 Å². The minimum Gasteiger partial charge on any atom is -0.403 e. The molecule has 6 nitrogen and oxygen atoms in total. The van der Waals surface area contributed by atoms with Crippen LogP contribution < -0.4 is 5.32 Å². The van der Waals surface area contributed by atoms with Crippen LogP contribution in [0.15, 0.2) is 57.0 Å². The van der Waals surface area contributed by atoms with Crippen LogP contribution in [0.5, 0.6) is 0 Å². The number of rotatable bonds is 4. The van der Waals surface area contributed by atoms with Gasteiger partial charge in [-0.25, -0.2) is 4.98 Å². The van der Waals surface area contributed by atoms with E-state index in [-0.39, 0.29) is 11.9 Å². The number of hydrogen-bond acceptors (Lipinski definition) is 7. The monoisotopic (exact) mass is 354 g/mol. The average Bonchev–Trinajstić information content (AvgIpc) is 3.36. The molecule has 0 aliphatic heterocycles. The summed E-state index contributed by atoms with van der Waals surface area (Å²) in [5.41, 5.74) is 2.11. The van der Waals surface area contributed by atoms with Gasteiger partial charge in [0.1, 0.15) is 10.7 Å². The normalized spacial score (nSPS) is 10.7. The summed E-state index contributed by atoms with van der Waals surface area (Å²) >= 11 is 2.94. The molecule has 0 saturated heterocycles. The van der Waals surface area contributed by atoms with Crippen molar-refractivity contribution in [2.24, 2.45) is 0 Å². The fraction of sp³-hybridized carbons (Fsp3) is 0. The first kappa shape index (κ1) is 14.7. The third kappa shape index (κ3) is 2.97. The van der Waals surface area contributed by atoms with Crippen molar-refractivity contribution in [3.63, 3.8) is 0 Å². The SMILES string of the molecule is O=C(Nc1nnc(-c2ccsc2)o1)c1csc(-c2ccccc2)n1. The minimum atomic E-state index is -0.381. The molecule has 1 aromatic carbocycles. The molecule has 3 aromatic heterocycles. The summed E-state index contributed by atoms with van der Waals surface area (Å²) in [6.45, 7) is 0. The summed E-state index contributed by atoms with van der Waals surface area (Å²) in [6, 6.07) is 11.6. The van der Waals surface area contributed by atoms with Gasteiger partial charge in [0.25, 0.3) is 11.8 Å². The van der Waals surface area contributed by atoms with E-state index in [1.165, 1.54) is 22.7 Å². The molecule has 0 atom stereocenters. The lowest BCUT2D eigenvalue weighted by Crippen LogP contribution is -2.12. The van der Waals surface area contributed by atoms with E-state index in [1.807, 2.05) is 47.2 Å². The predicted molar refractivity (Wildman–Crippen MR) is 93.1 cm³/mol. The number of nitrogens with zero attached hydrogens (tertiary/aromatic N) is 3. The van der Waals surface area contributed by atoms with Gasteiger partial charge in [-0.05, 0) is 11.4 Å². The molecule has 0 aliphatic rings. The molecule has 0 spiro atoms. The maximum absolute atomic E-state index is 12.3. The second kappa shape index (κ2) is 6.34. The van der Waals surface area contributed by atoms with Crippen LogP contribution in [0.4, 0.5) is 6.01 Å². The lowest BCUT2D eigenvalue weighted by atomic mass is 10.2. The predicted octanol–water partition coefficient (Wildman–Crippen LogP) is 4.17. The second-order valence-corrected chi connectivity index (χ2v) is 6.42. The van der Waals surface area contributed by atoms with Crippen molar-refractivity contribution in [3.8, 4) is 22.0 Å². The zero-order chi connectivity index (χ0) is 16.4. The summed E-state index contributed by atoms with van der Waals surface area (Å²) in [5.74, 6) is -0.0104. The van der Waals surface area contributed by atoms with Crippen LogP contribution in [-0.4, -0.2) is 21.1 Å². The van der Waals surface area contributed by atoms with Crippen molar-refractivity contribution in [1.82, 2.24) is 15.2 Å². The largest absolute Gasteiger partial charge is 0.403 e. The molecule has 118 valence electrons. The van der Waals surface area contributed by atoms with Gasteiger partial charge in [0, 0.05) is 21.9 Å². The highest BCUT2D eigenvalue weighted by atomic mass is 32.1. The Morgan fingerprint density at radius 2 is 1.92 bits per heavy atom. The van der Waals surface area contributed by atoms with Crippen molar-refractivity contribution >= 4 is 34.6 Å². The van der Waals surface area contributed by atoms with Crippen molar-refractivity contribution in [2.45, 2.75) is 0 Å². The zero-order valence-corrected chi connectivity index (χ0v) is 13.8. The van der Waals surface area contributed by atoms with Gasteiger partial charge in [0.15, 0.2) is 0 Å². The third-order valence-corrected chi connectivity index (χ3v) is 4.75. The topological polar surface area (TPSA) is 80.9 Å². The van der Waals surface area contributed by atoms with E-state index in [2.05, 4.69) is 20.5 Å². The number of aromatic nitrogens is 3. The number of amides is 1. The van der Waals surface area contributed by atoms with Gasteiger partial charge in [0.05, 0.1) is 0 Å². The van der Waals surface area contributed by atoms with E-state index < -0.39 is 0 Å². The van der Waals surface area contributed by atoms with E-state index >= 15 is 0 Å². The first-order chi connectivity index (χ1) is 11.8. The molecular formula is C16H10N4O2S2. The minimum absolute atomic E-state index is 0.0514. The van der Waals surface area contributed by atoms with E-state index in [0.717, 1.165) is 16.1 Å². The van der Waals surface area contributed by atoms with Crippen LogP contribution in [0.1, 0.15) is 10.5 Å². The summed E-state index contributed by atoms with van der Waals surface area (Å²) < 4.78 is 5.44. The first-order valence-corrected chi connectivity index (χ1v) is 8.80. The molecule has 4 rings (SSSR count). The Balaban J connectivity index is 1.50. The van der Waals surface area contributed by atoms with Crippen LogP contribution >= 0.6 is 22.7 Å². The number of hydrogen-bond donors (Lipinski definition) is 1. The van der Waals surface area contributed by atoms with Crippen LogP contribution in [0.2, 0.25) is 0 Å². The van der Waals surface area contributed by atoms with Crippen LogP contribution in [0, 0.1) is 0 Å². The van der Waals surface area contributed by atoms with E-state index in [4.69, 9.17) is 4.42 Å². The van der Waals surface area contributed by atoms with Gasteiger partial charge in [-0.3, -0.25) is 10.1 Å². The molecule has 0 bridgehead atoms. The number of thiazole rings is 1. The molecule has 3 heterocycles. The quantitative estimate of drug-likeness (QED) is 0.595. The lowest BCUT2D eigenvalue weighted by Gasteiger charge is -1.96. The molecule has 0 aliphatic carbocycles. The summed E-state index contributed by atoms with van der Waals surface area (Å²) in [6.07, 6.45) is 0. The van der Waals surface area contributed by atoms with Crippen molar-refractivity contribution < 1.29 is 9.21 Å². The summed E-state index contributed by atoms with van der Waals surface area (Å²) in [7, 11) is 0.